The largest absolute Gasteiger partial charge is 0.487 e. The Bertz CT molecular complexity index is 1000. The number of hydrogen-bond acceptors (Lipinski definition) is 2. The molecular weight excluding hydrogens is 473 g/mol. The van der Waals surface area contributed by atoms with Crippen molar-refractivity contribution in [2.45, 2.75) is 6.61 Å². The summed E-state index contributed by atoms with van der Waals surface area (Å²) in [6, 6.07) is 21.8. The van der Waals surface area contributed by atoms with Crippen molar-refractivity contribution in [2.75, 3.05) is 0 Å². The fraction of sp³-hybridized carbons (Fsp3) is 0.0455. The monoisotopic (exact) mass is 485 g/mol. The summed E-state index contributed by atoms with van der Waals surface area (Å²) in [5.74, 6) is 0.242. The van der Waals surface area contributed by atoms with Crippen LogP contribution < -0.4 is 4.74 Å². The van der Waals surface area contributed by atoms with Gasteiger partial charge in [0.05, 0.1) is 20.6 Å². The number of rotatable bonds is 5. The van der Waals surface area contributed by atoms with Gasteiger partial charge in [-0.25, -0.2) is 4.39 Å². The number of nitrogens with zero attached hydrogens (tertiary/aromatic N) is 1. The SMILES string of the molecule is N#C/C(=C/c1cc(Br)c(OCc2ccccc2)c(Br)c1)c1ccccc1F. The summed E-state index contributed by atoms with van der Waals surface area (Å²) in [5.41, 5.74) is 2.34. The van der Waals surface area contributed by atoms with Gasteiger partial charge < -0.3 is 4.74 Å². The Morgan fingerprint density at radius 3 is 2.26 bits per heavy atom. The predicted octanol–water partition coefficient (Wildman–Crippen LogP) is 6.99. The Balaban J connectivity index is 1.88. The molecule has 2 nitrogen and oxygen atoms in total. The second kappa shape index (κ2) is 8.98. The lowest BCUT2D eigenvalue weighted by Crippen LogP contribution is -1.97. The molecule has 0 amide bonds. The third kappa shape index (κ3) is 4.85. The van der Waals surface area contributed by atoms with Crippen molar-refractivity contribution >= 4 is 43.5 Å². The molecule has 0 heterocycles. The van der Waals surface area contributed by atoms with Gasteiger partial charge in [0.2, 0.25) is 0 Å². The zero-order valence-corrected chi connectivity index (χ0v) is 17.3. The minimum absolute atomic E-state index is 0.254. The van der Waals surface area contributed by atoms with Gasteiger partial charge in [0.15, 0.2) is 0 Å². The van der Waals surface area contributed by atoms with Crippen molar-refractivity contribution in [1.29, 1.82) is 5.26 Å². The first kappa shape index (κ1) is 19.3. The average Bonchev–Trinajstić information content (AvgIpc) is 2.67. The van der Waals surface area contributed by atoms with E-state index >= 15 is 0 Å². The number of allylic oxidation sites excluding steroid dienone is 1. The third-order valence-corrected chi connectivity index (χ3v) is 5.02. The van der Waals surface area contributed by atoms with Gasteiger partial charge in [-0.1, -0.05) is 48.5 Å². The molecule has 3 aromatic carbocycles. The van der Waals surface area contributed by atoms with Crippen molar-refractivity contribution in [1.82, 2.24) is 0 Å². The number of ether oxygens (including phenoxy) is 1. The number of halogens is 3. The van der Waals surface area contributed by atoms with E-state index in [4.69, 9.17) is 4.74 Å². The Morgan fingerprint density at radius 1 is 1.00 bits per heavy atom. The van der Waals surface area contributed by atoms with Crippen LogP contribution in [0, 0.1) is 17.1 Å². The van der Waals surface area contributed by atoms with E-state index < -0.39 is 5.82 Å². The molecule has 27 heavy (non-hydrogen) atoms. The van der Waals surface area contributed by atoms with Gasteiger partial charge in [-0.2, -0.15) is 5.26 Å². The molecule has 0 saturated carbocycles. The molecule has 0 spiro atoms. The standard InChI is InChI=1S/C22H14Br2FNO/c23-19-11-16(10-17(13-26)18-8-4-5-9-21(18)25)12-20(24)22(19)27-14-15-6-2-1-3-7-15/h1-12H,14H2/b17-10-. The average molecular weight is 487 g/mol. The highest BCUT2D eigenvalue weighted by Gasteiger charge is 2.11. The van der Waals surface area contributed by atoms with Crippen LogP contribution in [0.3, 0.4) is 0 Å². The summed E-state index contributed by atoms with van der Waals surface area (Å²) in [6.07, 6.45) is 1.65. The van der Waals surface area contributed by atoms with Crippen molar-refractivity contribution in [3.05, 3.63) is 98.2 Å². The van der Waals surface area contributed by atoms with Crippen LogP contribution in [0.15, 0.2) is 75.7 Å². The lowest BCUT2D eigenvalue weighted by atomic mass is 10.0. The lowest BCUT2D eigenvalue weighted by molar-refractivity contribution is 0.302. The molecule has 134 valence electrons. The smallest absolute Gasteiger partial charge is 0.148 e. The number of nitriles is 1. The molecule has 3 aromatic rings. The highest BCUT2D eigenvalue weighted by atomic mass is 79.9. The summed E-state index contributed by atoms with van der Waals surface area (Å²) in [6.45, 7) is 0.436. The van der Waals surface area contributed by atoms with Gasteiger partial charge in [0.25, 0.3) is 0 Å². The molecule has 0 bridgehead atoms. The lowest BCUT2D eigenvalue weighted by Gasteiger charge is -2.12. The second-order valence-corrected chi connectivity index (χ2v) is 7.45. The highest BCUT2D eigenvalue weighted by Crippen LogP contribution is 2.36. The molecule has 0 atom stereocenters. The molecule has 0 aliphatic carbocycles. The summed E-state index contributed by atoms with van der Waals surface area (Å²) < 4.78 is 21.4. The summed E-state index contributed by atoms with van der Waals surface area (Å²) in [7, 11) is 0. The summed E-state index contributed by atoms with van der Waals surface area (Å²) >= 11 is 7.03. The first-order chi connectivity index (χ1) is 13.1. The third-order valence-electron chi connectivity index (χ3n) is 3.84. The van der Waals surface area contributed by atoms with Gasteiger partial charge in [-0.05, 0) is 67.3 Å². The molecule has 0 saturated heterocycles. The maximum absolute atomic E-state index is 14.0. The fourth-order valence-electron chi connectivity index (χ4n) is 2.55. The first-order valence-corrected chi connectivity index (χ1v) is 9.69. The molecule has 0 aliphatic rings. The zero-order valence-electron chi connectivity index (χ0n) is 14.1. The van der Waals surface area contributed by atoms with Gasteiger partial charge >= 0.3 is 0 Å². The zero-order chi connectivity index (χ0) is 19.2. The van der Waals surface area contributed by atoms with E-state index in [1.165, 1.54) is 6.07 Å². The van der Waals surface area contributed by atoms with E-state index in [1.54, 1.807) is 24.3 Å². The van der Waals surface area contributed by atoms with Gasteiger partial charge in [0.1, 0.15) is 18.2 Å². The van der Waals surface area contributed by atoms with E-state index in [1.807, 2.05) is 42.5 Å². The van der Waals surface area contributed by atoms with E-state index in [-0.39, 0.29) is 11.1 Å². The van der Waals surface area contributed by atoms with Crippen LogP contribution in [0.2, 0.25) is 0 Å². The van der Waals surface area contributed by atoms with Crippen LogP contribution in [0.5, 0.6) is 5.75 Å². The molecule has 5 heteroatoms. The molecule has 0 aliphatic heterocycles. The number of hydrogen-bond donors (Lipinski definition) is 0. The second-order valence-electron chi connectivity index (χ2n) is 5.74. The van der Waals surface area contributed by atoms with Crippen LogP contribution in [0.4, 0.5) is 4.39 Å². The van der Waals surface area contributed by atoms with Gasteiger partial charge in [-0.15, -0.1) is 0 Å². The summed E-state index contributed by atoms with van der Waals surface area (Å²) in [5, 5.41) is 9.44. The molecule has 0 fully saturated rings. The predicted molar refractivity (Wildman–Crippen MR) is 113 cm³/mol. The molecule has 0 radical (unpaired) electrons. The fourth-order valence-corrected chi connectivity index (χ4v) is 4.00. The van der Waals surface area contributed by atoms with Gasteiger partial charge in [0, 0.05) is 5.56 Å². The minimum atomic E-state index is -0.425. The highest BCUT2D eigenvalue weighted by molar-refractivity contribution is 9.11. The van der Waals surface area contributed by atoms with Crippen molar-refractivity contribution < 1.29 is 9.13 Å². The van der Waals surface area contributed by atoms with Crippen LogP contribution in [0.1, 0.15) is 16.7 Å². The van der Waals surface area contributed by atoms with E-state index in [0.29, 0.717) is 12.4 Å². The van der Waals surface area contributed by atoms with Crippen molar-refractivity contribution in [2.24, 2.45) is 0 Å². The topological polar surface area (TPSA) is 33.0 Å². The molecular formula is C22H14Br2FNO. The Kier molecular flexibility index (Phi) is 6.44. The van der Waals surface area contributed by atoms with Crippen LogP contribution in [0.25, 0.3) is 11.6 Å². The van der Waals surface area contributed by atoms with Crippen LogP contribution >= 0.6 is 31.9 Å². The quantitative estimate of drug-likeness (QED) is 0.287. The Labute approximate surface area is 174 Å². The van der Waals surface area contributed by atoms with E-state index in [0.717, 1.165) is 20.1 Å². The van der Waals surface area contributed by atoms with E-state index in [2.05, 4.69) is 37.9 Å². The minimum Gasteiger partial charge on any atom is -0.487 e. The summed E-state index contributed by atoms with van der Waals surface area (Å²) in [4.78, 5) is 0. The maximum atomic E-state index is 14.0. The Morgan fingerprint density at radius 2 is 1.63 bits per heavy atom. The number of benzene rings is 3. The van der Waals surface area contributed by atoms with Crippen LogP contribution in [-0.2, 0) is 6.61 Å². The first-order valence-electron chi connectivity index (χ1n) is 8.11. The van der Waals surface area contributed by atoms with Crippen LogP contribution in [-0.4, -0.2) is 0 Å². The maximum Gasteiger partial charge on any atom is 0.148 e. The van der Waals surface area contributed by atoms with Gasteiger partial charge in [-0.3, -0.25) is 0 Å². The molecule has 0 unspecified atom stereocenters. The normalized spacial score (nSPS) is 11.1. The molecule has 0 N–H and O–H groups in total. The van der Waals surface area contributed by atoms with Crippen molar-refractivity contribution in [3.63, 3.8) is 0 Å². The van der Waals surface area contributed by atoms with E-state index in [9.17, 15) is 9.65 Å². The molecule has 3 rings (SSSR count). The molecule has 0 aromatic heterocycles. The Hall–Kier alpha value is -2.42. The van der Waals surface area contributed by atoms with Crippen molar-refractivity contribution in [3.8, 4) is 11.8 Å².